The number of aromatic nitrogens is 2. The van der Waals surface area contributed by atoms with Gasteiger partial charge in [-0.2, -0.15) is 0 Å². The maximum Gasteiger partial charge on any atom is 0.160 e. The monoisotopic (exact) mass is 397 g/mol. The maximum atomic E-state index is 13.7. The summed E-state index contributed by atoms with van der Waals surface area (Å²) in [5.74, 6) is -1.66. The number of pyridine rings is 1. The number of nitrogens with one attached hydrogen (secondary N) is 1. The first kappa shape index (κ1) is 13.0. The van der Waals surface area contributed by atoms with Gasteiger partial charge in [-0.25, -0.2) is 13.8 Å². The van der Waals surface area contributed by atoms with E-state index in [9.17, 15) is 8.78 Å². The number of aromatic amines is 1. The number of nitrogens with zero attached hydrogens (tertiary/aromatic N) is 2. The number of fused-ring (bicyclic) bond motifs is 2. The van der Waals surface area contributed by atoms with Crippen LogP contribution in [0, 0.1) is 15.3 Å². The number of hydrogen-bond donors (Lipinski definition) is 1. The van der Waals surface area contributed by atoms with Crippen LogP contribution in [0.4, 0.5) is 14.5 Å². The second-order valence-corrected chi connectivity index (χ2v) is 6.22. The molecule has 0 saturated heterocycles. The van der Waals surface area contributed by atoms with E-state index in [1.165, 1.54) is 12.1 Å². The number of hydrogen-bond acceptors (Lipinski definition) is 2. The molecule has 1 aliphatic rings. The Labute approximate surface area is 133 Å². The standard InChI is InChI=1S/C15H10F2IN3/c1-21-6-9-13-7(2-3-19-15(13)20-14(9)18)8-4-10(16)11(17)5-12(8)21/h2-5H,6H2,1H3,(H,19,20). The lowest BCUT2D eigenvalue weighted by Crippen LogP contribution is -2.16. The largest absolute Gasteiger partial charge is 0.370 e. The van der Waals surface area contributed by atoms with Crippen molar-refractivity contribution in [1.29, 1.82) is 0 Å². The van der Waals surface area contributed by atoms with Crippen LogP contribution in [-0.4, -0.2) is 17.0 Å². The highest BCUT2D eigenvalue weighted by molar-refractivity contribution is 14.1. The third-order valence-corrected chi connectivity index (χ3v) is 4.80. The fraction of sp³-hybridized carbons (Fsp3) is 0.133. The Bertz CT molecular complexity index is 888. The molecule has 0 unspecified atom stereocenters. The van der Waals surface area contributed by atoms with Crippen molar-refractivity contribution in [2.45, 2.75) is 6.54 Å². The van der Waals surface area contributed by atoms with Crippen molar-refractivity contribution in [2.24, 2.45) is 0 Å². The summed E-state index contributed by atoms with van der Waals surface area (Å²) in [5.41, 5.74) is 4.14. The van der Waals surface area contributed by atoms with Crippen LogP contribution in [0.2, 0.25) is 0 Å². The highest BCUT2D eigenvalue weighted by atomic mass is 127. The summed E-state index contributed by atoms with van der Waals surface area (Å²) in [6.45, 7) is 0.620. The molecule has 1 aromatic carbocycles. The summed E-state index contributed by atoms with van der Waals surface area (Å²) in [6, 6.07) is 4.38. The van der Waals surface area contributed by atoms with Gasteiger partial charge < -0.3 is 9.88 Å². The van der Waals surface area contributed by atoms with Crippen LogP contribution in [0.1, 0.15) is 5.56 Å². The molecule has 0 spiro atoms. The first-order valence-electron chi connectivity index (χ1n) is 6.42. The van der Waals surface area contributed by atoms with Gasteiger partial charge in [0, 0.05) is 48.1 Å². The SMILES string of the molecule is CN1Cc2c(I)[nH]c3nccc(c23)-c2cc(F)c(F)cc21. The predicted octanol–water partition coefficient (Wildman–Crippen LogP) is 4.06. The first-order valence-corrected chi connectivity index (χ1v) is 7.49. The van der Waals surface area contributed by atoms with Gasteiger partial charge in [-0.15, -0.1) is 0 Å². The molecule has 3 nitrogen and oxygen atoms in total. The Morgan fingerprint density at radius 2 is 2.00 bits per heavy atom. The average molecular weight is 397 g/mol. The van der Waals surface area contributed by atoms with Crippen LogP contribution < -0.4 is 4.90 Å². The molecule has 6 heteroatoms. The van der Waals surface area contributed by atoms with E-state index >= 15 is 0 Å². The lowest BCUT2D eigenvalue weighted by molar-refractivity contribution is 0.509. The topological polar surface area (TPSA) is 31.9 Å². The summed E-state index contributed by atoms with van der Waals surface area (Å²) in [7, 11) is 1.88. The van der Waals surface area contributed by atoms with E-state index < -0.39 is 11.6 Å². The summed E-state index contributed by atoms with van der Waals surface area (Å²) in [4.78, 5) is 9.52. The summed E-state index contributed by atoms with van der Waals surface area (Å²) in [5, 5.41) is 0.985. The lowest BCUT2D eigenvalue weighted by atomic mass is 10.0. The normalized spacial score (nSPS) is 13.4. The number of rotatable bonds is 0. The zero-order chi connectivity index (χ0) is 14.7. The quantitative estimate of drug-likeness (QED) is 0.581. The number of anilines is 1. The van der Waals surface area contributed by atoms with Crippen LogP contribution in [0.15, 0.2) is 24.4 Å². The van der Waals surface area contributed by atoms with Crippen molar-refractivity contribution in [1.82, 2.24) is 9.97 Å². The Balaban J connectivity index is 2.16. The van der Waals surface area contributed by atoms with E-state index in [-0.39, 0.29) is 0 Å². The van der Waals surface area contributed by atoms with Crippen LogP contribution in [0.25, 0.3) is 22.2 Å². The summed E-state index contributed by atoms with van der Waals surface area (Å²) in [6.07, 6.45) is 1.68. The summed E-state index contributed by atoms with van der Waals surface area (Å²) < 4.78 is 28.3. The zero-order valence-electron chi connectivity index (χ0n) is 11.0. The Morgan fingerprint density at radius 1 is 1.24 bits per heavy atom. The molecule has 3 heterocycles. The third kappa shape index (κ3) is 1.78. The molecule has 3 aromatic rings. The highest BCUT2D eigenvalue weighted by Crippen LogP contribution is 2.42. The highest BCUT2D eigenvalue weighted by Gasteiger charge is 2.24. The molecular formula is C15H10F2IN3. The zero-order valence-corrected chi connectivity index (χ0v) is 13.2. The van der Waals surface area contributed by atoms with E-state index in [2.05, 4.69) is 32.6 Å². The van der Waals surface area contributed by atoms with E-state index in [4.69, 9.17) is 0 Å². The average Bonchev–Trinajstić information content (AvgIpc) is 2.71. The van der Waals surface area contributed by atoms with Crippen molar-refractivity contribution in [3.8, 4) is 11.1 Å². The molecule has 0 radical (unpaired) electrons. The van der Waals surface area contributed by atoms with Gasteiger partial charge >= 0.3 is 0 Å². The van der Waals surface area contributed by atoms with Gasteiger partial charge in [-0.05, 0) is 40.3 Å². The van der Waals surface area contributed by atoms with Gasteiger partial charge in [0.1, 0.15) is 5.65 Å². The van der Waals surface area contributed by atoms with Crippen molar-refractivity contribution >= 4 is 39.3 Å². The van der Waals surface area contributed by atoms with Gasteiger partial charge in [0.15, 0.2) is 11.6 Å². The first-order chi connectivity index (χ1) is 10.1. The number of H-pyrrole nitrogens is 1. The van der Waals surface area contributed by atoms with Crippen molar-refractivity contribution < 1.29 is 8.78 Å². The van der Waals surface area contributed by atoms with Gasteiger partial charge in [0.05, 0.1) is 3.70 Å². The second kappa shape index (κ2) is 4.40. The number of benzene rings is 1. The van der Waals surface area contributed by atoms with Crippen LogP contribution in [0.3, 0.4) is 0 Å². The van der Waals surface area contributed by atoms with Crippen molar-refractivity contribution in [2.75, 3.05) is 11.9 Å². The van der Waals surface area contributed by atoms with E-state index in [1.807, 2.05) is 18.0 Å². The lowest BCUT2D eigenvalue weighted by Gasteiger charge is -2.20. The van der Waals surface area contributed by atoms with Gasteiger partial charge in [0.25, 0.3) is 0 Å². The van der Waals surface area contributed by atoms with Gasteiger partial charge in [-0.3, -0.25) is 0 Å². The molecule has 2 aromatic heterocycles. The Morgan fingerprint density at radius 3 is 2.81 bits per heavy atom. The molecule has 0 atom stereocenters. The van der Waals surface area contributed by atoms with Crippen molar-refractivity contribution in [3.63, 3.8) is 0 Å². The van der Waals surface area contributed by atoms with Crippen molar-refractivity contribution in [3.05, 3.63) is 45.3 Å². The fourth-order valence-corrected chi connectivity index (χ4v) is 3.61. The minimum Gasteiger partial charge on any atom is -0.370 e. The molecule has 4 rings (SSSR count). The molecule has 0 amide bonds. The molecule has 0 fully saturated rings. The fourth-order valence-electron chi connectivity index (χ4n) is 2.91. The minimum atomic E-state index is -0.833. The third-order valence-electron chi connectivity index (χ3n) is 3.88. The minimum absolute atomic E-state index is 0.620. The van der Waals surface area contributed by atoms with Crippen LogP contribution in [-0.2, 0) is 6.54 Å². The molecule has 0 aliphatic carbocycles. The van der Waals surface area contributed by atoms with E-state index in [0.717, 1.165) is 25.9 Å². The summed E-state index contributed by atoms with van der Waals surface area (Å²) >= 11 is 2.23. The Hall–Kier alpha value is -1.70. The maximum absolute atomic E-state index is 13.7. The van der Waals surface area contributed by atoms with Crippen LogP contribution >= 0.6 is 22.6 Å². The second-order valence-electron chi connectivity index (χ2n) is 5.14. The van der Waals surface area contributed by atoms with E-state index in [0.29, 0.717) is 17.8 Å². The molecule has 106 valence electrons. The van der Waals surface area contributed by atoms with Gasteiger partial charge in [-0.1, -0.05) is 0 Å². The molecule has 0 saturated carbocycles. The van der Waals surface area contributed by atoms with Crippen LogP contribution in [0.5, 0.6) is 0 Å². The molecule has 1 aliphatic heterocycles. The predicted molar refractivity (Wildman–Crippen MR) is 86.3 cm³/mol. The number of halogens is 3. The van der Waals surface area contributed by atoms with Gasteiger partial charge in [0.2, 0.25) is 0 Å². The Kier molecular flexibility index (Phi) is 2.72. The molecular weight excluding hydrogens is 387 g/mol. The molecule has 0 bridgehead atoms. The smallest absolute Gasteiger partial charge is 0.160 e. The molecule has 1 N–H and O–H groups in total. The van der Waals surface area contributed by atoms with E-state index in [1.54, 1.807) is 6.20 Å². The molecule has 21 heavy (non-hydrogen) atoms.